The number of hydrogen-bond acceptors (Lipinski definition) is 2. The first-order valence-electron chi connectivity index (χ1n) is 11.8. The number of carbonyl (C=O) groups is 2. The van der Waals surface area contributed by atoms with Crippen LogP contribution < -0.4 is 0 Å². The lowest BCUT2D eigenvalue weighted by molar-refractivity contribution is 0.0689. The van der Waals surface area contributed by atoms with Gasteiger partial charge in [-0.15, -0.1) is 0 Å². The maximum atomic E-state index is 14.7. The maximum Gasteiger partial charge on any atom is 0.191 e. The van der Waals surface area contributed by atoms with Crippen LogP contribution in [0.1, 0.15) is 70.6 Å². The van der Waals surface area contributed by atoms with E-state index in [1.54, 1.807) is 0 Å². The zero-order valence-corrected chi connectivity index (χ0v) is 18.6. The summed E-state index contributed by atoms with van der Waals surface area (Å²) in [6.07, 6.45) is 5.71. The van der Waals surface area contributed by atoms with E-state index < -0.39 is 10.8 Å². The van der Waals surface area contributed by atoms with E-state index in [2.05, 4.69) is 33.4 Å². The largest absolute Gasteiger partial charge is 0.341 e. The Balaban J connectivity index is 1.70. The van der Waals surface area contributed by atoms with Crippen molar-refractivity contribution in [2.75, 3.05) is 0 Å². The Bertz CT molecular complexity index is 1390. The molecular weight excluding hydrogens is 396 g/mol. The Morgan fingerprint density at radius 3 is 1.47 bits per heavy atom. The predicted octanol–water partition coefficient (Wildman–Crippen LogP) is 5.59. The summed E-state index contributed by atoms with van der Waals surface area (Å²) in [5, 5.41) is 2.15. The van der Waals surface area contributed by atoms with Crippen molar-refractivity contribution in [3.63, 3.8) is 0 Å². The summed E-state index contributed by atoms with van der Waals surface area (Å²) in [6.45, 7) is 0. The number of benzene rings is 2. The molecule has 3 aliphatic carbocycles. The molecule has 160 valence electrons. The molecule has 3 aliphatic rings. The van der Waals surface area contributed by atoms with Crippen molar-refractivity contribution in [1.29, 1.82) is 0 Å². The molecule has 2 heterocycles. The van der Waals surface area contributed by atoms with Crippen molar-refractivity contribution >= 4 is 33.4 Å². The molecule has 0 spiro atoms. The van der Waals surface area contributed by atoms with Gasteiger partial charge < -0.3 is 9.13 Å². The second-order valence-corrected chi connectivity index (χ2v) is 9.98. The van der Waals surface area contributed by atoms with E-state index in [4.69, 9.17) is 0 Å². The van der Waals surface area contributed by atoms with Gasteiger partial charge in [0.05, 0.1) is 22.2 Å². The third-order valence-electron chi connectivity index (χ3n) is 8.85. The first-order valence-corrected chi connectivity index (χ1v) is 11.8. The van der Waals surface area contributed by atoms with Crippen LogP contribution in [-0.4, -0.2) is 20.7 Å². The van der Waals surface area contributed by atoms with Crippen LogP contribution in [0.4, 0.5) is 0 Å². The first-order chi connectivity index (χ1) is 15.6. The van der Waals surface area contributed by atoms with Crippen LogP contribution in [0, 0.1) is 0 Å². The van der Waals surface area contributed by atoms with Crippen LogP contribution in [0.3, 0.4) is 0 Å². The van der Waals surface area contributed by atoms with Crippen LogP contribution in [0.2, 0.25) is 0 Å². The van der Waals surface area contributed by atoms with Gasteiger partial charge in [0.2, 0.25) is 0 Å². The number of hydrogen-bond donors (Lipinski definition) is 0. The second-order valence-electron chi connectivity index (χ2n) is 9.98. The minimum atomic E-state index is -0.785. The van der Waals surface area contributed by atoms with Crippen molar-refractivity contribution in [2.45, 2.75) is 49.4 Å². The molecule has 4 aromatic rings. The summed E-state index contributed by atoms with van der Waals surface area (Å²) in [5.74, 6) is 0.327. The van der Waals surface area contributed by atoms with Crippen LogP contribution >= 0.6 is 0 Å². The molecule has 7 rings (SSSR count). The Labute approximate surface area is 186 Å². The van der Waals surface area contributed by atoms with Gasteiger partial charge in [-0.3, -0.25) is 9.59 Å². The minimum absolute atomic E-state index is 0.163. The fraction of sp³-hybridized carbons (Fsp3) is 0.357. The van der Waals surface area contributed by atoms with Crippen molar-refractivity contribution in [1.82, 2.24) is 9.13 Å². The minimum Gasteiger partial charge on any atom is -0.341 e. The van der Waals surface area contributed by atoms with Crippen molar-refractivity contribution < 1.29 is 9.59 Å². The zero-order valence-electron chi connectivity index (χ0n) is 18.6. The highest BCUT2D eigenvalue weighted by Gasteiger charge is 2.74. The Morgan fingerprint density at radius 2 is 1.03 bits per heavy atom. The lowest BCUT2D eigenvalue weighted by Crippen LogP contribution is -2.50. The van der Waals surface area contributed by atoms with Gasteiger partial charge in [0, 0.05) is 47.0 Å². The average molecular weight is 423 g/mol. The van der Waals surface area contributed by atoms with E-state index in [0.717, 1.165) is 82.8 Å². The van der Waals surface area contributed by atoms with Gasteiger partial charge in [-0.2, -0.15) is 0 Å². The van der Waals surface area contributed by atoms with E-state index in [1.165, 1.54) is 0 Å². The summed E-state index contributed by atoms with van der Waals surface area (Å²) in [6, 6.07) is 16.5. The van der Waals surface area contributed by atoms with Crippen LogP contribution in [0.5, 0.6) is 0 Å². The fourth-order valence-corrected chi connectivity index (χ4v) is 7.67. The first kappa shape index (κ1) is 18.4. The number of ketones is 2. The molecule has 2 aromatic heterocycles. The number of para-hydroxylation sites is 2. The number of aryl methyl sites for hydroxylation is 2. The summed E-state index contributed by atoms with van der Waals surface area (Å²) in [7, 11) is 3.99. The molecule has 0 N–H and O–H groups in total. The monoisotopic (exact) mass is 422 g/mol. The SMILES string of the molecule is Cn1c2c(c3ccccc31)C13CCCCCCC1(C2=O)c1c(n(C)c2ccccc12)C3=O. The molecule has 2 aromatic carbocycles. The van der Waals surface area contributed by atoms with Crippen molar-refractivity contribution in [2.24, 2.45) is 14.1 Å². The smallest absolute Gasteiger partial charge is 0.191 e. The van der Waals surface area contributed by atoms with Gasteiger partial charge in [-0.1, -0.05) is 62.1 Å². The fourth-order valence-electron chi connectivity index (χ4n) is 7.67. The molecule has 0 radical (unpaired) electrons. The van der Waals surface area contributed by atoms with Crippen LogP contribution in [0.25, 0.3) is 21.8 Å². The number of Topliss-reactive ketones (excluding diaryl/α,β-unsaturated/α-hetero) is 2. The van der Waals surface area contributed by atoms with Crippen LogP contribution in [-0.2, 0) is 24.9 Å². The van der Waals surface area contributed by atoms with E-state index in [0.29, 0.717) is 0 Å². The summed E-state index contributed by atoms with van der Waals surface area (Å²) in [4.78, 5) is 29.3. The van der Waals surface area contributed by atoms with Crippen molar-refractivity contribution in [3.8, 4) is 0 Å². The van der Waals surface area contributed by atoms with Gasteiger partial charge in [0.15, 0.2) is 11.6 Å². The molecule has 2 unspecified atom stereocenters. The van der Waals surface area contributed by atoms with Gasteiger partial charge in [-0.05, 0) is 25.0 Å². The molecule has 2 atom stereocenters. The Kier molecular flexibility index (Phi) is 3.34. The molecule has 0 saturated heterocycles. The molecule has 4 nitrogen and oxygen atoms in total. The third-order valence-corrected chi connectivity index (χ3v) is 8.85. The predicted molar refractivity (Wildman–Crippen MR) is 126 cm³/mol. The molecule has 1 fully saturated rings. The molecular formula is C28H26N2O2. The molecule has 0 bridgehead atoms. The third kappa shape index (κ3) is 1.70. The van der Waals surface area contributed by atoms with E-state index in [9.17, 15) is 9.59 Å². The molecule has 4 heteroatoms. The molecule has 32 heavy (non-hydrogen) atoms. The average Bonchev–Trinajstić information content (AvgIpc) is 3.39. The van der Waals surface area contributed by atoms with E-state index in [-0.39, 0.29) is 11.6 Å². The Hall–Kier alpha value is -3.14. The van der Waals surface area contributed by atoms with Crippen molar-refractivity contribution in [3.05, 3.63) is 71.0 Å². The highest BCUT2D eigenvalue weighted by Crippen LogP contribution is 2.67. The quantitative estimate of drug-likeness (QED) is 0.371. The zero-order chi connectivity index (χ0) is 21.8. The lowest BCUT2D eigenvalue weighted by atomic mass is 9.57. The number of rotatable bonds is 0. The summed E-state index contributed by atoms with van der Waals surface area (Å²) >= 11 is 0. The Morgan fingerprint density at radius 1 is 0.625 bits per heavy atom. The summed E-state index contributed by atoms with van der Waals surface area (Å²) < 4.78 is 4.12. The number of carbonyl (C=O) groups excluding carboxylic acids is 2. The van der Waals surface area contributed by atoms with Gasteiger partial charge in [-0.25, -0.2) is 0 Å². The molecule has 0 aliphatic heterocycles. The van der Waals surface area contributed by atoms with Gasteiger partial charge in [0.25, 0.3) is 0 Å². The standard InChI is InChI=1S/C28H26N2O2/c1-29-19-13-7-5-11-17(19)21-23(29)25(31)28-16-10-4-3-9-15-27(21,28)26(32)24-22(28)18-12-6-8-14-20(18)30(24)2/h5-8,11-14H,3-4,9-10,15-16H2,1-2H3. The lowest BCUT2D eigenvalue weighted by Gasteiger charge is -2.41. The molecule has 0 amide bonds. The highest BCUT2D eigenvalue weighted by atomic mass is 16.1. The van der Waals surface area contributed by atoms with Gasteiger partial charge in [0.1, 0.15) is 0 Å². The number of aromatic nitrogens is 2. The number of fused-ring (bicyclic) bond motifs is 6. The highest BCUT2D eigenvalue weighted by molar-refractivity contribution is 6.29. The normalized spacial score (nSPS) is 26.7. The van der Waals surface area contributed by atoms with E-state index in [1.807, 2.05) is 38.4 Å². The van der Waals surface area contributed by atoms with Crippen LogP contribution in [0.15, 0.2) is 48.5 Å². The number of nitrogens with zero attached hydrogens (tertiary/aromatic N) is 2. The maximum absolute atomic E-state index is 14.7. The topological polar surface area (TPSA) is 44.0 Å². The van der Waals surface area contributed by atoms with E-state index >= 15 is 0 Å². The molecule has 1 saturated carbocycles. The second kappa shape index (κ2) is 5.80. The van der Waals surface area contributed by atoms with Gasteiger partial charge >= 0.3 is 0 Å². The summed E-state index contributed by atoms with van der Waals surface area (Å²) in [5.41, 5.74) is 4.06.